The number of carbonyl (C=O) groups is 5. The first-order chi connectivity index (χ1) is 34.5. The predicted molar refractivity (Wildman–Crippen MR) is 303 cm³/mol. The third-order valence-corrected chi connectivity index (χ3v) is 12.4. The van der Waals surface area contributed by atoms with Crippen LogP contribution in [0.2, 0.25) is 0 Å². The first-order valence-corrected chi connectivity index (χ1v) is 24.5. The highest BCUT2D eigenvalue weighted by Gasteiger charge is 2.14. The minimum absolute atomic E-state index is 0. The molecule has 4 N–H and O–H groups in total. The van der Waals surface area contributed by atoms with Gasteiger partial charge in [-0.1, -0.05) is 179 Å². The minimum Gasteiger partial charge on any atom is -0.481 e. The van der Waals surface area contributed by atoms with Crippen LogP contribution in [-0.2, 0) is 38.4 Å². The van der Waals surface area contributed by atoms with Gasteiger partial charge in [0, 0.05) is 25.3 Å². The minimum atomic E-state index is -1.01. The zero-order valence-electron chi connectivity index (χ0n) is 39.4. The van der Waals surface area contributed by atoms with Gasteiger partial charge in [0.25, 0.3) is 0 Å². The molecule has 0 aliphatic carbocycles. The quantitative estimate of drug-likeness (QED) is 0.0399. The molecule has 73 heavy (non-hydrogen) atoms. The first-order valence-electron chi connectivity index (χ1n) is 23.6. The summed E-state index contributed by atoms with van der Waals surface area (Å²) in [5.74, 6) is -2.78. The van der Waals surface area contributed by atoms with E-state index in [2.05, 4.69) is 96.3 Å². The van der Waals surface area contributed by atoms with Crippen molar-refractivity contribution in [2.24, 2.45) is 0 Å². The number of hydrogen-bond acceptors (Lipinski definition) is 6. The molecule has 0 aliphatic heterocycles. The number of fused-ring (bicyclic) bond motifs is 4. The molecule has 10 heteroatoms. The number of aliphatic carboxylic acids is 2. The Morgan fingerprint density at radius 2 is 0.904 bits per heavy atom. The standard InChI is InChI=1S/C20H19NO3S.C15H16O2.C13H10O2.C13H12O.2CH4/c22-18(21-17-11-12-25-19(17)20(23)24)8-4-1-5-14-9-10-15-6-2-3-7-16(15)13-14;16-15(17)8-4-1-5-12-9-10-13-6-2-3-7-14(13)11-12;14-13(15)8-6-10-5-7-11-3-1-2-4-12(11)9-10;14-9-3-4-11-7-8-12-5-1-2-6-13(12)10-11;;/h2-3,6-7,9-13H,1,4-5,8H2,(H,21,22)(H,23,24);2-3,6-7,9-11H,1,4-5,8H2,(H,16,17);1-9H,(H,14,15);1-2,5-10H,3-4H2;2*1H4/b;;8-6+;;;. The van der Waals surface area contributed by atoms with Gasteiger partial charge in [0.15, 0.2) is 0 Å². The summed E-state index contributed by atoms with van der Waals surface area (Å²) in [6, 6.07) is 59.5. The molecule has 0 atom stereocenters. The van der Waals surface area contributed by atoms with E-state index in [0.29, 0.717) is 18.5 Å². The Balaban J connectivity index is 0.000000215. The topological polar surface area (TPSA) is 158 Å². The molecule has 0 fully saturated rings. The van der Waals surface area contributed by atoms with E-state index in [4.69, 9.17) is 15.3 Å². The van der Waals surface area contributed by atoms with Crippen LogP contribution in [0.4, 0.5) is 5.69 Å². The van der Waals surface area contributed by atoms with Gasteiger partial charge in [-0.05, 0) is 134 Å². The van der Waals surface area contributed by atoms with Crippen molar-refractivity contribution in [3.63, 3.8) is 0 Å². The van der Waals surface area contributed by atoms with Gasteiger partial charge in [-0.3, -0.25) is 9.59 Å². The second-order valence-corrected chi connectivity index (χ2v) is 17.8. The fraction of sp³-hybridized carbons (Fsp3) is 0.190. The van der Waals surface area contributed by atoms with Crippen molar-refractivity contribution in [2.75, 3.05) is 5.32 Å². The predicted octanol–water partition coefficient (Wildman–Crippen LogP) is 15.8. The molecule has 0 spiro atoms. The van der Waals surface area contributed by atoms with E-state index in [9.17, 15) is 24.0 Å². The highest BCUT2D eigenvalue weighted by molar-refractivity contribution is 7.12. The van der Waals surface area contributed by atoms with Crippen LogP contribution in [0.1, 0.15) is 91.7 Å². The van der Waals surface area contributed by atoms with Crippen molar-refractivity contribution >= 4 is 96.3 Å². The lowest BCUT2D eigenvalue weighted by atomic mass is 10.0. The molecule has 0 radical (unpaired) electrons. The van der Waals surface area contributed by atoms with Crippen LogP contribution < -0.4 is 5.32 Å². The fourth-order valence-corrected chi connectivity index (χ4v) is 8.58. The average Bonchev–Trinajstić information content (AvgIpc) is 3.86. The van der Waals surface area contributed by atoms with E-state index >= 15 is 0 Å². The first kappa shape index (κ1) is 57.4. The maximum Gasteiger partial charge on any atom is 0.348 e. The fourth-order valence-electron chi connectivity index (χ4n) is 7.89. The van der Waals surface area contributed by atoms with Crippen molar-refractivity contribution in [3.8, 4) is 0 Å². The number of hydrogen-bond donors (Lipinski definition) is 4. The van der Waals surface area contributed by atoms with E-state index < -0.39 is 17.9 Å². The lowest BCUT2D eigenvalue weighted by Crippen LogP contribution is -2.12. The largest absolute Gasteiger partial charge is 0.481 e. The van der Waals surface area contributed by atoms with Crippen molar-refractivity contribution in [2.45, 2.75) is 79.1 Å². The van der Waals surface area contributed by atoms with Crippen LogP contribution in [-0.4, -0.2) is 45.4 Å². The van der Waals surface area contributed by atoms with Gasteiger partial charge in [-0.2, -0.15) is 0 Å². The van der Waals surface area contributed by atoms with Gasteiger partial charge in [-0.15, -0.1) is 11.3 Å². The molecule has 1 heterocycles. The number of aryl methyl sites for hydroxylation is 3. The van der Waals surface area contributed by atoms with Crippen LogP contribution in [0.3, 0.4) is 0 Å². The molecular weight excluding hydrogens is 931 g/mol. The Kier molecular flexibility index (Phi) is 24.0. The monoisotopic (exact) mass is 995 g/mol. The zero-order chi connectivity index (χ0) is 50.2. The number of benzene rings is 8. The molecule has 0 saturated carbocycles. The lowest BCUT2D eigenvalue weighted by molar-refractivity contribution is -0.137. The summed E-state index contributed by atoms with van der Waals surface area (Å²) in [6.07, 6.45) is 11.1. The normalized spacial score (nSPS) is 10.4. The van der Waals surface area contributed by atoms with E-state index in [1.165, 1.54) is 49.0 Å². The Morgan fingerprint density at radius 1 is 0.479 bits per heavy atom. The Labute approximate surface area is 432 Å². The number of unbranched alkanes of at least 4 members (excludes halogenated alkanes) is 2. The van der Waals surface area contributed by atoms with Crippen molar-refractivity contribution in [1.82, 2.24) is 0 Å². The number of nitrogens with one attached hydrogen (secondary N) is 1. The number of aromatic carboxylic acids is 1. The summed E-state index contributed by atoms with van der Waals surface area (Å²) < 4.78 is 0. The van der Waals surface area contributed by atoms with Gasteiger partial charge in [0.05, 0.1) is 5.69 Å². The molecular formula is C63H65NO8S. The molecule has 8 aromatic carbocycles. The number of aldehydes is 1. The van der Waals surface area contributed by atoms with E-state index in [0.717, 1.165) is 85.0 Å². The Bertz CT molecular complexity index is 3250. The van der Waals surface area contributed by atoms with Crippen LogP contribution >= 0.6 is 11.3 Å². The smallest absolute Gasteiger partial charge is 0.348 e. The van der Waals surface area contributed by atoms with Gasteiger partial charge in [0.1, 0.15) is 11.2 Å². The Hall–Kier alpha value is -8.21. The maximum atomic E-state index is 12.0. The second-order valence-electron chi connectivity index (χ2n) is 16.9. The summed E-state index contributed by atoms with van der Waals surface area (Å²) in [4.78, 5) is 54.2. The summed E-state index contributed by atoms with van der Waals surface area (Å²) in [7, 11) is 0. The molecule has 376 valence electrons. The third-order valence-electron chi connectivity index (χ3n) is 11.5. The van der Waals surface area contributed by atoms with E-state index in [-0.39, 0.29) is 32.1 Å². The summed E-state index contributed by atoms with van der Waals surface area (Å²) >= 11 is 1.11. The molecule has 9 aromatic rings. The van der Waals surface area contributed by atoms with Gasteiger partial charge >= 0.3 is 17.9 Å². The molecule has 9 rings (SSSR count). The lowest BCUT2D eigenvalue weighted by Gasteiger charge is -2.06. The van der Waals surface area contributed by atoms with Crippen molar-refractivity contribution in [3.05, 3.63) is 215 Å². The third kappa shape index (κ3) is 19.1. The van der Waals surface area contributed by atoms with Crippen LogP contribution in [0.15, 0.2) is 187 Å². The van der Waals surface area contributed by atoms with Gasteiger partial charge < -0.3 is 25.4 Å². The van der Waals surface area contributed by atoms with Crippen LogP contribution in [0.25, 0.3) is 49.2 Å². The number of thiophene rings is 1. The molecule has 0 saturated heterocycles. The highest BCUT2D eigenvalue weighted by Crippen LogP contribution is 2.24. The number of carboxylic acid groups (broad SMARTS) is 3. The second kappa shape index (κ2) is 30.5. The molecule has 1 aromatic heterocycles. The molecule has 0 bridgehead atoms. The van der Waals surface area contributed by atoms with Gasteiger partial charge in [-0.25, -0.2) is 9.59 Å². The molecule has 1 amide bonds. The number of carbonyl (C=O) groups excluding carboxylic acids is 2. The van der Waals surface area contributed by atoms with E-state index in [1.54, 1.807) is 17.5 Å². The van der Waals surface area contributed by atoms with Crippen LogP contribution in [0, 0.1) is 0 Å². The number of anilines is 1. The SMILES string of the molecule is C.C.O=C(CCCCc1ccc2ccccc2c1)Nc1ccsc1C(=O)O.O=C(O)/C=C/c1ccc2ccccc2c1.O=C(O)CCCCc1ccc2ccccc2c1.O=CCCc1ccc2ccccc2c1. The van der Waals surface area contributed by atoms with E-state index in [1.807, 2.05) is 78.9 Å². The molecule has 0 unspecified atom stereocenters. The number of carboxylic acids is 3. The van der Waals surface area contributed by atoms with Gasteiger partial charge in [0.2, 0.25) is 5.91 Å². The van der Waals surface area contributed by atoms with Crippen molar-refractivity contribution in [1.29, 1.82) is 0 Å². The number of amides is 1. The number of rotatable bonds is 17. The average molecular weight is 996 g/mol. The molecule has 0 aliphatic rings. The summed E-state index contributed by atoms with van der Waals surface area (Å²) in [5.41, 5.74) is 5.07. The molecule has 9 nitrogen and oxygen atoms in total. The Morgan fingerprint density at radius 3 is 1.34 bits per heavy atom. The van der Waals surface area contributed by atoms with Crippen molar-refractivity contribution < 1.29 is 39.3 Å². The maximum absolute atomic E-state index is 12.0. The summed E-state index contributed by atoms with van der Waals surface area (Å²) in [6.45, 7) is 0. The highest BCUT2D eigenvalue weighted by atomic mass is 32.1. The van der Waals surface area contributed by atoms with Crippen LogP contribution in [0.5, 0.6) is 0 Å². The summed E-state index contributed by atoms with van der Waals surface area (Å²) in [5, 5.41) is 40.2. The zero-order valence-corrected chi connectivity index (χ0v) is 40.2.